The molecule has 0 spiro atoms. The average molecular weight is 399 g/mol. The molecule has 5 heteroatoms. The van der Waals surface area contributed by atoms with E-state index in [0.717, 1.165) is 24.2 Å². The van der Waals surface area contributed by atoms with Crippen LogP contribution in [0.25, 0.3) is 0 Å². The minimum absolute atomic E-state index is 0.0225. The smallest absolute Gasteiger partial charge is 0.338 e. The van der Waals surface area contributed by atoms with Crippen molar-refractivity contribution in [1.29, 1.82) is 0 Å². The molecule has 2 heterocycles. The first-order valence-electron chi connectivity index (χ1n) is 10.4. The van der Waals surface area contributed by atoms with E-state index in [-0.39, 0.29) is 23.6 Å². The minimum Gasteiger partial charge on any atom is -0.465 e. The van der Waals surface area contributed by atoms with Crippen LogP contribution in [0.15, 0.2) is 83.5 Å². The van der Waals surface area contributed by atoms with Crippen LogP contribution in [0.1, 0.15) is 48.0 Å². The molecule has 2 unspecified atom stereocenters. The summed E-state index contributed by atoms with van der Waals surface area (Å²) in [5.74, 6) is 0.418. The molecule has 2 aliphatic heterocycles. The third-order valence-corrected chi connectivity index (χ3v) is 6.47. The SMILES string of the molecule is COC(=O)C1=CC2=NC(c3ccc(C4(N)CCC4)cc3)C(c3ccccc3)N2C=C1. The normalized spacial score (nSPS) is 23.9. The van der Waals surface area contributed by atoms with Crippen molar-refractivity contribution in [2.24, 2.45) is 10.7 Å². The average Bonchev–Trinajstić information content (AvgIpc) is 3.16. The molecule has 152 valence electrons. The molecule has 1 saturated carbocycles. The topological polar surface area (TPSA) is 67.9 Å². The molecule has 3 aliphatic rings. The highest BCUT2D eigenvalue weighted by atomic mass is 16.5. The second-order valence-electron chi connectivity index (χ2n) is 8.23. The first kappa shape index (κ1) is 18.8. The fourth-order valence-electron chi connectivity index (χ4n) is 4.56. The van der Waals surface area contributed by atoms with Gasteiger partial charge in [-0.25, -0.2) is 4.79 Å². The lowest BCUT2D eigenvalue weighted by Crippen LogP contribution is -2.43. The predicted octanol–water partition coefficient (Wildman–Crippen LogP) is 4.15. The summed E-state index contributed by atoms with van der Waals surface area (Å²) in [5, 5.41) is 0. The van der Waals surface area contributed by atoms with Crippen LogP contribution in [-0.2, 0) is 15.1 Å². The van der Waals surface area contributed by atoms with Gasteiger partial charge in [-0.2, -0.15) is 0 Å². The summed E-state index contributed by atoms with van der Waals surface area (Å²) in [7, 11) is 1.39. The maximum absolute atomic E-state index is 12.0. The molecule has 30 heavy (non-hydrogen) atoms. The summed E-state index contributed by atoms with van der Waals surface area (Å²) in [4.78, 5) is 19.1. The van der Waals surface area contributed by atoms with Crippen LogP contribution in [0.3, 0.4) is 0 Å². The van der Waals surface area contributed by atoms with E-state index in [0.29, 0.717) is 5.57 Å². The van der Waals surface area contributed by atoms with E-state index >= 15 is 0 Å². The molecule has 5 rings (SSSR count). The molecule has 0 bridgehead atoms. The highest BCUT2D eigenvalue weighted by molar-refractivity contribution is 6.05. The van der Waals surface area contributed by atoms with Crippen molar-refractivity contribution < 1.29 is 9.53 Å². The van der Waals surface area contributed by atoms with Gasteiger partial charge >= 0.3 is 5.97 Å². The van der Waals surface area contributed by atoms with E-state index in [9.17, 15) is 4.79 Å². The number of hydrogen-bond donors (Lipinski definition) is 1. The summed E-state index contributed by atoms with van der Waals surface area (Å²) in [6.45, 7) is 0. The fourth-order valence-corrected chi connectivity index (χ4v) is 4.56. The molecular formula is C25H25N3O2. The summed E-state index contributed by atoms with van der Waals surface area (Å²) < 4.78 is 4.88. The van der Waals surface area contributed by atoms with Crippen molar-refractivity contribution in [2.75, 3.05) is 7.11 Å². The molecule has 2 aromatic rings. The first-order valence-corrected chi connectivity index (χ1v) is 10.4. The molecule has 0 amide bonds. The molecule has 0 saturated heterocycles. The number of amidine groups is 1. The molecule has 2 N–H and O–H groups in total. The van der Waals surface area contributed by atoms with Crippen LogP contribution in [0.2, 0.25) is 0 Å². The van der Waals surface area contributed by atoms with E-state index in [1.165, 1.54) is 24.7 Å². The molecule has 1 aliphatic carbocycles. The Morgan fingerprint density at radius 2 is 1.83 bits per heavy atom. The van der Waals surface area contributed by atoms with Gasteiger partial charge in [0.15, 0.2) is 0 Å². The zero-order valence-corrected chi connectivity index (χ0v) is 17.0. The largest absolute Gasteiger partial charge is 0.465 e. The van der Waals surface area contributed by atoms with E-state index in [1.54, 1.807) is 12.2 Å². The Bertz CT molecular complexity index is 1050. The first-order chi connectivity index (χ1) is 14.6. The molecule has 5 nitrogen and oxygen atoms in total. The van der Waals surface area contributed by atoms with Crippen LogP contribution >= 0.6 is 0 Å². The van der Waals surface area contributed by atoms with E-state index < -0.39 is 0 Å². The van der Waals surface area contributed by atoms with Crippen molar-refractivity contribution in [3.63, 3.8) is 0 Å². The van der Waals surface area contributed by atoms with Crippen molar-refractivity contribution in [1.82, 2.24) is 4.90 Å². The zero-order valence-electron chi connectivity index (χ0n) is 17.0. The number of nitrogens with zero attached hydrogens (tertiary/aromatic N) is 2. The lowest BCUT2D eigenvalue weighted by molar-refractivity contribution is -0.135. The van der Waals surface area contributed by atoms with Crippen LogP contribution in [0, 0.1) is 0 Å². The van der Waals surface area contributed by atoms with Gasteiger partial charge in [0.2, 0.25) is 0 Å². The minimum atomic E-state index is -0.355. The Morgan fingerprint density at radius 1 is 1.10 bits per heavy atom. The lowest BCUT2D eigenvalue weighted by atomic mass is 9.72. The molecular weight excluding hydrogens is 374 g/mol. The summed E-state index contributed by atoms with van der Waals surface area (Å²) in [5.41, 5.74) is 10.4. The Morgan fingerprint density at radius 3 is 2.47 bits per heavy atom. The van der Waals surface area contributed by atoms with Gasteiger partial charge in [-0.05, 0) is 48.1 Å². The summed E-state index contributed by atoms with van der Waals surface area (Å²) >= 11 is 0. The lowest BCUT2D eigenvalue weighted by Gasteiger charge is -2.38. The third kappa shape index (κ3) is 3.06. The maximum atomic E-state index is 12.0. The Labute approximate surface area is 176 Å². The van der Waals surface area contributed by atoms with Crippen LogP contribution in [0.4, 0.5) is 0 Å². The highest BCUT2D eigenvalue weighted by Crippen LogP contribution is 2.45. The zero-order chi connectivity index (χ0) is 20.7. The number of carbonyl (C=O) groups excluding carboxylic acids is 1. The van der Waals surface area contributed by atoms with Crippen molar-refractivity contribution in [2.45, 2.75) is 36.9 Å². The number of ether oxygens (including phenoxy) is 1. The number of benzene rings is 2. The van der Waals surface area contributed by atoms with E-state index in [2.05, 4.69) is 41.3 Å². The van der Waals surface area contributed by atoms with E-state index in [1.807, 2.05) is 24.4 Å². The van der Waals surface area contributed by atoms with Gasteiger partial charge in [-0.1, -0.05) is 54.6 Å². The Kier molecular flexibility index (Phi) is 4.55. The number of carbonyl (C=O) groups is 1. The van der Waals surface area contributed by atoms with E-state index in [4.69, 9.17) is 15.5 Å². The van der Waals surface area contributed by atoms with Crippen molar-refractivity contribution >= 4 is 11.8 Å². The van der Waals surface area contributed by atoms with Crippen molar-refractivity contribution in [3.05, 3.63) is 95.2 Å². The molecule has 0 aromatic heterocycles. The van der Waals surface area contributed by atoms with Gasteiger partial charge in [0.1, 0.15) is 11.9 Å². The van der Waals surface area contributed by atoms with Gasteiger partial charge in [-0.3, -0.25) is 4.99 Å². The molecule has 2 aromatic carbocycles. The standard InChI is InChI=1S/C25H25N3O2/c1-30-24(29)19-12-15-28-21(16-19)27-22(23(28)18-6-3-2-4-7-18)17-8-10-20(11-9-17)25(26)13-5-14-25/h2-4,6-12,15-16,22-23H,5,13-14,26H2,1H3. The summed E-state index contributed by atoms with van der Waals surface area (Å²) in [6.07, 6.45) is 8.82. The summed E-state index contributed by atoms with van der Waals surface area (Å²) in [6, 6.07) is 18.9. The fraction of sp³-hybridized carbons (Fsp3) is 0.280. The highest BCUT2D eigenvalue weighted by Gasteiger charge is 2.39. The van der Waals surface area contributed by atoms with Crippen LogP contribution in [0.5, 0.6) is 0 Å². The number of fused-ring (bicyclic) bond motifs is 1. The number of nitrogens with two attached hydrogens (primary N) is 1. The van der Waals surface area contributed by atoms with Gasteiger partial charge in [0.05, 0.1) is 18.7 Å². The molecule has 0 radical (unpaired) electrons. The molecule has 1 fully saturated rings. The van der Waals surface area contributed by atoms with Crippen LogP contribution in [-0.4, -0.2) is 23.8 Å². The number of aliphatic imine (C=N–C) groups is 1. The quantitative estimate of drug-likeness (QED) is 0.785. The van der Waals surface area contributed by atoms with Crippen LogP contribution < -0.4 is 5.73 Å². The van der Waals surface area contributed by atoms with Gasteiger partial charge in [-0.15, -0.1) is 0 Å². The maximum Gasteiger partial charge on any atom is 0.338 e. The number of esters is 1. The number of rotatable bonds is 4. The van der Waals surface area contributed by atoms with Gasteiger partial charge < -0.3 is 15.4 Å². The van der Waals surface area contributed by atoms with Crippen molar-refractivity contribution in [3.8, 4) is 0 Å². The number of methoxy groups -OCH3 is 1. The number of hydrogen-bond acceptors (Lipinski definition) is 5. The van der Waals surface area contributed by atoms with Gasteiger partial charge in [0.25, 0.3) is 0 Å². The second kappa shape index (κ2) is 7.26. The Balaban J connectivity index is 1.53. The predicted molar refractivity (Wildman–Crippen MR) is 117 cm³/mol. The third-order valence-electron chi connectivity index (χ3n) is 6.47. The second-order valence-corrected chi connectivity index (χ2v) is 8.23. The van der Waals surface area contributed by atoms with Gasteiger partial charge in [0, 0.05) is 11.7 Å². The Hall–Kier alpha value is -3.18. The molecule has 2 atom stereocenters. The monoisotopic (exact) mass is 399 g/mol.